The quantitative estimate of drug-likeness (QED) is 0.171. The maximum atomic E-state index is 6.74. The van der Waals surface area contributed by atoms with E-state index in [1.54, 1.807) is 0 Å². The maximum absolute atomic E-state index is 6.74. The van der Waals surface area contributed by atoms with E-state index in [-0.39, 0.29) is 0 Å². The average Bonchev–Trinajstić information content (AvgIpc) is 3.85. The van der Waals surface area contributed by atoms with Crippen LogP contribution in [0, 0.1) is 0 Å². The van der Waals surface area contributed by atoms with Crippen LogP contribution in [0.1, 0.15) is 0 Å². The van der Waals surface area contributed by atoms with Crippen molar-refractivity contribution in [3.05, 3.63) is 188 Å². The van der Waals surface area contributed by atoms with E-state index in [1.165, 1.54) is 0 Å². The minimum absolute atomic E-state index is 0.579. The molecule has 0 amide bonds. The second-order valence-electron chi connectivity index (χ2n) is 14.0. The summed E-state index contributed by atoms with van der Waals surface area (Å²) in [5.74, 6) is 1.78. The number of furan rings is 2. The molecule has 0 aliphatic heterocycles. The average molecular weight is 718 g/mol. The molecular formula is C51H31N3O2. The number of hydrogen-bond donors (Lipinski definition) is 0. The minimum atomic E-state index is 0.579. The summed E-state index contributed by atoms with van der Waals surface area (Å²) in [5, 5.41) is 4.18. The molecule has 0 bridgehead atoms. The highest BCUT2D eigenvalue weighted by molar-refractivity contribution is 6.16. The van der Waals surface area contributed by atoms with Crippen LogP contribution in [0.15, 0.2) is 197 Å². The Morgan fingerprint density at radius 2 is 0.821 bits per heavy atom. The summed E-state index contributed by atoms with van der Waals surface area (Å²) in [5.41, 5.74) is 12.6. The third kappa shape index (κ3) is 5.45. The molecule has 0 N–H and O–H groups in total. The van der Waals surface area contributed by atoms with Crippen molar-refractivity contribution in [3.8, 4) is 67.5 Å². The summed E-state index contributed by atoms with van der Waals surface area (Å²) in [6.07, 6.45) is 0. The van der Waals surface area contributed by atoms with Gasteiger partial charge in [0.1, 0.15) is 22.3 Å². The first-order chi connectivity index (χ1) is 27.7. The highest BCUT2D eigenvalue weighted by atomic mass is 16.3. The Bertz CT molecular complexity index is 3220. The zero-order valence-electron chi connectivity index (χ0n) is 30.1. The van der Waals surface area contributed by atoms with Gasteiger partial charge in [-0.2, -0.15) is 0 Å². The van der Waals surface area contributed by atoms with Crippen LogP contribution in [0.5, 0.6) is 0 Å². The van der Waals surface area contributed by atoms with E-state index in [4.69, 9.17) is 23.8 Å². The highest BCUT2D eigenvalue weighted by Crippen LogP contribution is 2.43. The van der Waals surface area contributed by atoms with Crippen molar-refractivity contribution in [2.24, 2.45) is 0 Å². The first kappa shape index (κ1) is 31.9. The van der Waals surface area contributed by atoms with Crippen molar-refractivity contribution in [3.63, 3.8) is 0 Å². The lowest BCUT2D eigenvalue weighted by Crippen LogP contribution is -2.00. The molecule has 0 aliphatic carbocycles. The summed E-state index contributed by atoms with van der Waals surface area (Å²) in [4.78, 5) is 15.4. The molecule has 5 nitrogen and oxygen atoms in total. The molecule has 0 fully saturated rings. The summed E-state index contributed by atoms with van der Waals surface area (Å²) < 4.78 is 12.8. The van der Waals surface area contributed by atoms with Crippen molar-refractivity contribution in [1.82, 2.24) is 15.0 Å². The first-order valence-corrected chi connectivity index (χ1v) is 18.7. The number of hydrogen-bond acceptors (Lipinski definition) is 5. The topological polar surface area (TPSA) is 65.0 Å². The SMILES string of the molecule is c1ccc(-c2cc(-c3ccccc3)c3oc4cccc(-c5nc(-c6ccccc6)nc(-c6ccc(-c7ccc8oc9ccccc9c8c7)cc6)n5)c4c3c2)cc1. The number of para-hydroxylation sites is 1. The molecule has 0 saturated heterocycles. The molecule has 262 valence electrons. The molecule has 0 unspecified atom stereocenters. The van der Waals surface area contributed by atoms with Gasteiger partial charge < -0.3 is 8.83 Å². The fourth-order valence-corrected chi connectivity index (χ4v) is 7.80. The van der Waals surface area contributed by atoms with Gasteiger partial charge in [0.25, 0.3) is 0 Å². The first-order valence-electron chi connectivity index (χ1n) is 18.7. The van der Waals surface area contributed by atoms with Crippen molar-refractivity contribution < 1.29 is 8.83 Å². The maximum Gasteiger partial charge on any atom is 0.164 e. The molecule has 5 heteroatoms. The zero-order valence-corrected chi connectivity index (χ0v) is 30.1. The number of benzene rings is 8. The molecule has 8 aromatic carbocycles. The summed E-state index contributed by atoms with van der Waals surface area (Å²) in [6, 6.07) is 64.5. The van der Waals surface area contributed by atoms with E-state index in [9.17, 15) is 0 Å². The summed E-state index contributed by atoms with van der Waals surface area (Å²) in [6.45, 7) is 0. The molecule has 11 aromatic rings. The van der Waals surface area contributed by atoms with Gasteiger partial charge in [-0.25, -0.2) is 15.0 Å². The number of nitrogens with zero attached hydrogens (tertiary/aromatic N) is 3. The lowest BCUT2D eigenvalue weighted by atomic mass is 9.95. The normalized spacial score (nSPS) is 11.6. The smallest absolute Gasteiger partial charge is 0.164 e. The van der Waals surface area contributed by atoms with Crippen molar-refractivity contribution in [2.45, 2.75) is 0 Å². The Kier molecular flexibility index (Phi) is 7.42. The van der Waals surface area contributed by atoms with Gasteiger partial charge in [0, 0.05) is 43.8 Å². The number of rotatable bonds is 6. The molecule has 3 heterocycles. The zero-order chi connectivity index (χ0) is 37.0. The standard InChI is InChI=1S/C51H31N3O2/c1-4-13-32(14-5-1)38-30-41(34-15-6-2-7-16-34)48-43(31-38)47-40(20-12-22-46(47)56-48)51-53-49(35-17-8-3-9-18-35)52-50(54-51)36-25-23-33(24-26-36)37-27-28-45-42(29-37)39-19-10-11-21-44(39)55-45/h1-31H. The van der Waals surface area contributed by atoms with Crippen molar-refractivity contribution in [2.75, 3.05) is 0 Å². The van der Waals surface area contributed by atoms with Gasteiger partial charge in [0.05, 0.1) is 0 Å². The van der Waals surface area contributed by atoms with E-state index in [0.717, 1.165) is 93.9 Å². The Labute approximate surface area is 322 Å². The van der Waals surface area contributed by atoms with Crippen LogP contribution in [0.4, 0.5) is 0 Å². The van der Waals surface area contributed by atoms with Crippen molar-refractivity contribution in [1.29, 1.82) is 0 Å². The van der Waals surface area contributed by atoms with Crippen LogP contribution in [0.25, 0.3) is 111 Å². The molecule has 0 atom stereocenters. The predicted molar refractivity (Wildman–Crippen MR) is 227 cm³/mol. The second-order valence-corrected chi connectivity index (χ2v) is 14.0. The van der Waals surface area contributed by atoms with Gasteiger partial charge in [0.2, 0.25) is 0 Å². The van der Waals surface area contributed by atoms with E-state index in [0.29, 0.717) is 17.5 Å². The Hall–Kier alpha value is -7.63. The summed E-state index contributed by atoms with van der Waals surface area (Å²) in [7, 11) is 0. The van der Waals surface area contributed by atoms with Crippen LogP contribution in [0.3, 0.4) is 0 Å². The van der Waals surface area contributed by atoms with Crippen molar-refractivity contribution >= 4 is 43.9 Å². The predicted octanol–water partition coefficient (Wildman–Crippen LogP) is 13.7. The highest BCUT2D eigenvalue weighted by Gasteiger charge is 2.21. The molecule has 0 radical (unpaired) electrons. The largest absolute Gasteiger partial charge is 0.456 e. The van der Waals surface area contributed by atoms with Crippen LogP contribution in [0.2, 0.25) is 0 Å². The monoisotopic (exact) mass is 717 g/mol. The molecule has 11 rings (SSSR count). The Morgan fingerprint density at radius 1 is 0.286 bits per heavy atom. The van der Waals surface area contributed by atoms with Gasteiger partial charge in [-0.15, -0.1) is 0 Å². The molecule has 0 aliphatic rings. The minimum Gasteiger partial charge on any atom is -0.456 e. The second kappa shape index (κ2) is 13.0. The van der Waals surface area contributed by atoms with Crippen LogP contribution in [-0.4, -0.2) is 15.0 Å². The van der Waals surface area contributed by atoms with Gasteiger partial charge in [-0.3, -0.25) is 0 Å². The van der Waals surface area contributed by atoms with E-state index >= 15 is 0 Å². The number of aromatic nitrogens is 3. The van der Waals surface area contributed by atoms with Gasteiger partial charge in [-0.1, -0.05) is 152 Å². The Balaban J connectivity index is 1.08. The van der Waals surface area contributed by atoms with E-state index < -0.39 is 0 Å². The molecular weight excluding hydrogens is 687 g/mol. The molecule has 56 heavy (non-hydrogen) atoms. The van der Waals surface area contributed by atoms with Gasteiger partial charge in [0.15, 0.2) is 17.5 Å². The Morgan fingerprint density at radius 3 is 1.57 bits per heavy atom. The number of fused-ring (bicyclic) bond motifs is 6. The molecule has 3 aromatic heterocycles. The van der Waals surface area contributed by atoms with E-state index in [1.807, 2.05) is 72.8 Å². The third-order valence-corrected chi connectivity index (χ3v) is 10.5. The fraction of sp³-hybridized carbons (Fsp3) is 0. The lowest BCUT2D eigenvalue weighted by molar-refractivity contribution is 0.669. The van der Waals surface area contributed by atoms with E-state index in [2.05, 4.69) is 115 Å². The molecule has 0 saturated carbocycles. The van der Waals surface area contributed by atoms with Crippen LogP contribution in [-0.2, 0) is 0 Å². The van der Waals surface area contributed by atoms with Crippen LogP contribution >= 0.6 is 0 Å². The van der Waals surface area contributed by atoms with Crippen LogP contribution < -0.4 is 0 Å². The molecule has 0 spiro atoms. The fourth-order valence-electron chi connectivity index (χ4n) is 7.80. The third-order valence-electron chi connectivity index (χ3n) is 10.5. The van der Waals surface area contributed by atoms with Gasteiger partial charge >= 0.3 is 0 Å². The van der Waals surface area contributed by atoms with Gasteiger partial charge in [-0.05, 0) is 64.2 Å². The lowest BCUT2D eigenvalue weighted by Gasteiger charge is -2.10. The summed E-state index contributed by atoms with van der Waals surface area (Å²) >= 11 is 0.